The van der Waals surface area contributed by atoms with E-state index in [0.717, 1.165) is 5.56 Å². The van der Waals surface area contributed by atoms with Crippen LogP contribution in [0, 0.1) is 0 Å². The quantitative estimate of drug-likeness (QED) is 0.833. The van der Waals surface area contributed by atoms with Gasteiger partial charge in [-0.1, -0.05) is 35.3 Å². The van der Waals surface area contributed by atoms with E-state index in [4.69, 9.17) is 32.7 Å². The van der Waals surface area contributed by atoms with Crippen molar-refractivity contribution >= 4 is 34.8 Å². The van der Waals surface area contributed by atoms with Crippen molar-refractivity contribution in [2.75, 3.05) is 18.6 Å². The molecule has 0 radical (unpaired) electrons. The van der Waals surface area contributed by atoms with Crippen LogP contribution in [0.1, 0.15) is 5.56 Å². The molecular weight excluding hydrogens is 325 g/mol. The molecule has 0 N–H and O–H groups in total. The molecule has 1 amide bonds. The van der Waals surface area contributed by atoms with Gasteiger partial charge in [-0.3, -0.25) is 4.79 Å². The van der Waals surface area contributed by atoms with Crippen molar-refractivity contribution < 1.29 is 14.3 Å². The Kier molecular flexibility index (Phi) is 4.14. The molecule has 3 rings (SSSR count). The first-order valence-electron chi connectivity index (χ1n) is 6.63. The molecule has 0 aromatic heterocycles. The third-order valence-electron chi connectivity index (χ3n) is 3.41. The third kappa shape index (κ3) is 2.85. The molecule has 0 aliphatic carbocycles. The average molecular weight is 338 g/mol. The summed E-state index contributed by atoms with van der Waals surface area (Å²) in [5.41, 5.74) is 1.50. The number of carbonyl (C=O) groups is 1. The standard InChI is InChI=1S/C16H13Cl2NO3/c1-21-14-4-2-3-10-8-19(15(20)9-22-16(10)14)13-6-11(17)5-12(18)7-13/h2-7H,8-9H2,1H3. The number of anilines is 1. The number of hydrogen-bond acceptors (Lipinski definition) is 3. The number of fused-ring (bicyclic) bond motifs is 1. The summed E-state index contributed by atoms with van der Waals surface area (Å²) in [4.78, 5) is 14.0. The molecule has 114 valence electrons. The Balaban J connectivity index is 2.03. The lowest BCUT2D eigenvalue weighted by Crippen LogP contribution is -2.32. The topological polar surface area (TPSA) is 38.8 Å². The molecule has 2 aromatic carbocycles. The summed E-state index contributed by atoms with van der Waals surface area (Å²) in [6.07, 6.45) is 0. The first kappa shape index (κ1) is 15.0. The van der Waals surface area contributed by atoms with E-state index >= 15 is 0 Å². The van der Waals surface area contributed by atoms with Gasteiger partial charge in [-0.2, -0.15) is 0 Å². The molecule has 2 aromatic rings. The fourth-order valence-corrected chi connectivity index (χ4v) is 2.93. The lowest BCUT2D eigenvalue weighted by Gasteiger charge is -2.20. The predicted octanol–water partition coefficient (Wildman–Crippen LogP) is 3.93. The van der Waals surface area contributed by atoms with Gasteiger partial charge in [0.25, 0.3) is 5.91 Å². The largest absolute Gasteiger partial charge is 0.493 e. The lowest BCUT2D eigenvalue weighted by atomic mass is 10.1. The van der Waals surface area contributed by atoms with E-state index < -0.39 is 0 Å². The number of hydrogen-bond donors (Lipinski definition) is 0. The molecule has 0 unspecified atom stereocenters. The molecule has 0 fully saturated rings. The Morgan fingerprint density at radius 3 is 2.59 bits per heavy atom. The third-order valence-corrected chi connectivity index (χ3v) is 3.85. The van der Waals surface area contributed by atoms with E-state index in [1.54, 1.807) is 36.3 Å². The number of para-hydroxylation sites is 1. The molecule has 1 heterocycles. The molecule has 1 aliphatic heterocycles. The van der Waals surface area contributed by atoms with Gasteiger partial charge in [0, 0.05) is 21.3 Å². The van der Waals surface area contributed by atoms with Crippen molar-refractivity contribution in [1.82, 2.24) is 0 Å². The minimum absolute atomic E-state index is 0.0719. The molecule has 0 saturated carbocycles. The van der Waals surface area contributed by atoms with Gasteiger partial charge in [0.15, 0.2) is 18.1 Å². The van der Waals surface area contributed by atoms with Crippen molar-refractivity contribution in [3.05, 3.63) is 52.0 Å². The number of benzene rings is 2. The normalized spacial score (nSPS) is 14.1. The minimum atomic E-state index is -0.170. The fraction of sp³-hybridized carbons (Fsp3) is 0.188. The van der Waals surface area contributed by atoms with E-state index in [1.807, 2.05) is 12.1 Å². The van der Waals surface area contributed by atoms with Gasteiger partial charge in [0.2, 0.25) is 0 Å². The van der Waals surface area contributed by atoms with Gasteiger partial charge in [0.05, 0.1) is 13.7 Å². The Morgan fingerprint density at radius 2 is 1.91 bits per heavy atom. The van der Waals surface area contributed by atoms with Crippen LogP contribution < -0.4 is 14.4 Å². The molecule has 1 aliphatic rings. The van der Waals surface area contributed by atoms with Gasteiger partial charge in [-0.05, 0) is 24.3 Å². The maximum Gasteiger partial charge on any atom is 0.265 e. The van der Waals surface area contributed by atoms with E-state index in [9.17, 15) is 4.79 Å². The van der Waals surface area contributed by atoms with Crippen LogP contribution in [-0.4, -0.2) is 19.6 Å². The van der Waals surface area contributed by atoms with Crippen LogP contribution in [0.5, 0.6) is 11.5 Å². The maximum absolute atomic E-state index is 12.4. The smallest absolute Gasteiger partial charge is 0.265 e. The highest BCUT2D eigenvalue weighted by Crippen LogP contribution is 2.35. The van der Waals surface area contributed by atoms with E-state index in [-0.39, 0.29) is 12.5 Å². The van der Waals surface area contributed by atoms with Crippen molar-refractivity contribution in [2.24, 2.45) is 0 Å². The highest BCUT2D eigenvalue weighted by molar-refractivity contribution is 6.35. The van der Waals surface area contributed by atoms with Gasteiger partial charge in [-0.25, -0.2) is 0 Å². The fourth-order valence-electron chi connectivity index (χ4n) is 2.41. The van der Waals surface area contributed by atoms with Crippen LogP contribution in [-0.2, 0) is 11.3 Å². The second-order valence-electron chi connectivity index (χ2n) is 4.84. The number of carbonyl (C=O) groups excluding carboxylic acids is 1. The van der Waals surface area contributed by atoms with Crippen LogP contribution >= 0.6 is 23.2 Å². The second-order valence-corrected chi connectivity index (χ2v) is 5.72. The first-order valence-corrected chi connectivity index (χ1v) is 7.39. The summed E-state index contributed by atoms with van der Waals surface area (Å²) in [7, 11) is 1.57. The molecule has 0 saturated heterocycles. The number of amides is 1. The Labute approximate surface area is 138 Å². The number of nitrogens with zero attached hydrogens (tertiary/aromatic N) is 1. The summed E-state index contributed by atoms with van der Waals surface area (Å²) < 4.78 is 10.9. The van der Waals surface area contributed by atoms with Crippen LogP contribution in [0.25, 0.3) is 0 Å². The molecule has 0 bridgehead atoms. The highest BCUT2D eigenvalue weighted by Gasteiger charge is 2.25. The Bertz CT molecular complexity index is 713. The predicted molar refractivity (Wildman–Crippen MR) is 86.1 cm³/mol. The van der Waals surface area contributed by atoms with Crippen LogP contribution in [0.4, 0.5) is 5.69 Å². The monoisotopic (exact) mass is 337 g/mol. The second kappa shape index (κ2) is 6.07. The molecule has 6 heteroatoms. The van der Waals surface area contributed by atoms with Crippen LogP contribution in [0.2, 0.25) is 10.0 Å². The van der Waals surface area contributed by atoms with Gasteiger partial charge < -0.3 is 14.4 Å². The summed E-state index contributed by atoms with van der Waals surface area (Å²) in [5, 5.41) is 0.956. The summed E-state index contributed by atoms with van der Waals surface area (Å²) >= 11 is 12.1. The van der Waals surface area contributed by atoms with Crippen molar-refractivity contribution in [3.8, 4) is 11.5 Å². The summed E-state index contributed by atoms with van der Waals surface area (Å²) in [5.74, 6) is 1.03. The zero-order valence-electron chi connectivity index (χ0n) is 11.8. The number of ether oxygens (including phenoxy) is 2. The lowest BCUT2D eigenvalue weighted by molar-refractivity contribution is -0.120. The average Bonchev–Trinajstić information content (AvgIpc) is 2.65. The minimum Gasteiger partial charge on any atom is -0.493 e. The summed E-state index contributed by atoms with van der Waals surface area (Å²) in [6.45, 7) is 0.291. The van der Waals surface area contributed by atoms with E-state index in [2.05, 4.69) is 0 Å². The van der Waals surface area contributed by atoms with Gasteiger partial charge in [-0.15, -0.1) is 0 Å². The Hall–Kier alpha value is -1.91. The molecular formula is C16H13Cl2NO3. The van der Waals surface area contributed by atoms with Crippen molar-refractivity contribution in [1.29, 1.82) is 0 Å². The van der Waals surface area contributed by atoms with E-state index in [0.29, 0.717) is 33.8 Å². The number of methoxy groups -OCH3 is 1. The SMILES string of the molecule is COc1cccc2c1OCC(=O)N(c1cc(Cl)cc(Cl)c1)C2. The number of rotatable bonds is 2. The molecule has 22 heavy (non-hydrogen) atoms. The zero-order chi connectivity index (χ0) is 15.7. The molecule has 0 spiro atoms. The van der Waals surface area contributed by atoms with Crippen molar-refractivity contribution in [2.45, 2.75) is 6.54 Å². The first-order chi connectivity index (χ1) is 10.6. The van der Waals surface area contributed by atoms with E-state index in [1.165, 1.54) is 0 Å². The molecule has 0 atom stereocenters. The van der Waals surface area contributed by atoms with Crippen molar-refractivity contribution in [3.63, 3.8) is 0 Å². The Morgan fingerprint density at radius 1 is 1.18 bits per heavy atom. The summed E-state index contributed by atoms with van der Waals surface area (Å²) in [6, 6.07) is 10.6. The van der Waals surface area contributed by atoms with Crippen LogP contribution in [0.3, 0.4) is 0 Å². The number of halogens is 2. The van der Waals surface area contributed by atoms with Gasteiger partial charge >= 0.3 is 0 Å². The maximum atomic E-state index is 12.4. The highest BCUT2D eigenvalue weighted by atomic mass is 35.5. The van der Waals surface area contributed by atoms with Gasteiger partial charge in [0.1, 0.15) is 0 Å². The molecule has 4 nitrogen and oxygen atoms in total. The zero-order valence-corrected chi connectivity index (χ0v) is 13.3. The van der Waals surface area contributed by atoms with Crippen LogP contribution in [0.15, 0.2) is 36.4 Å².